The van der Waals surface area contributed by atoms with E-state index >= 15 is 0 Å². The van der Waals surface area contributed by atoms with Crippen LogP contribution in [-0.2, 0) is 4.79 Å². The van der Waals surface area contributed by atoms with Gasteiger partial charge in [-0.05, 0) is 25.3 Å². The topological polar surface area (TPSA) is 78.0 Å². The molecule has 1 saturated heterocycles. The van der Waals surface area contributed by atoms with Gasteiger partial charge in [-0.15, -0.1) is 0 Å². The maximum Gasteiger partial charge on any atom is 0.303 e. The minimum atomic E-state index is -0.701. The summed E-state index contributed by atoms with van der Waals surface area (Å²) in [6, 6.07) is 0.252. The Kier molecular flexibility index (Phi) is 3.01. The van der Waals surface area contributed by atoms with E-state index in [-0.39, 0.29) is 18.4 Å². The van der Waals surface area contributed by atoms with Gasteiger partial charge in [-0.2, -0.15) is 5.10 Å². The van der Waals surface area contributed by atoms with Gasteiger partial charge in [0.05, 0.1) is 6.20 Å². The molecule has 1 aromatic heterocycles. The summed E-state index contributed by atoms with van der Waals surface area (Å²) >= 11 is 0. The van der Waals surface area contributed by atoms with Crippen molar-refractivity contribution in [2.24, 2.45) is 5.92 Å². The smallest absolute Gasteiger partial charge is 0.303 e. The van der Waals surface area contributed by atoms with Crippen LogP contribution >= 0.6 is 0 Å². The van der Waals surface area contributed by atoms with Crippen LogP contribution in [0.25, 0.3) is 0 Å². The van der Waals surface area contributed by atoms with Crippen molar-refractivity contribution in [2.75, 3.05) is 6.54 Å². The summed E-state index contributed by atoms with van der Waals surface area (Å²) < 4.78 is 0. The van der Waals surface area contributed by atoms with Gasteiger partial charge in [-0.3, -0.25) is 9.89 Å². The first-order chi connectivity index (χ1) is 7.25. The Morgan fingerprint density at radius 2 is 2.53 bits per heavy atom. The Balaban J connectivity index is 1.95. The molecule has 1 aromatic rings. The maximum absolute atomic E-state index is 10.6. The van der Waals surface area contributed by atoms with Crippen LogP contribution in [0.4, 0.5) is 0 Å². The van der Waals surface area contributed by atoms with E-state index in [0.717, 1.165) is 24.9 Å². The number of rotatable bonds is 3. The van der Waals surface area contributed by atoms with Crippen LogP contribution in [0.3, 0.4) is 0 Å². The van der Waals surface area contributed by atoms with Crippen LogP contribution < -0.4 is 5.32 Å². The van der Waals surface area contributed by atoms with E-state index < -0.39 is 5.97 Å². The molecule has 15 heavy (non-hydrogen) atoms. The fourth-order valence-corrected chi connectivity index (χ4v) is 2.13. The number of nitrogens with one attached hydrogen (secondary N) is 2. The lowest BCUT2D eigenvalue weighted by Gasteiger charge is -2.28. The molecule has 0 saturated carbocycles. The average molecular weight is 209 g/mol. The molecular formula is C10H15N3O2. The van der Waals surface area contributed by atoms with Crippen LogP contribution in [-0.4, -0.2) is 27.8 Å². The molecule has 2 unspecified atom stereocenters. The molecule has 1 fully saturated rings. The van der Waals surface area contributed by atoms with Gasteiger partial charge >= 0.3 is 5.97 Å². The molecule has 5 nitrogen and oxygen atoms in total. The molecule has 0 radical (unpaired) electrons. The normalized spacial score (nSPS) is 26.4. The number of hydrogen-bond donors (Lipinski definition) is 3. The fourth-order valence-electron chi connectivity index (χ4n) is 2.13. The van der Waals surface area contributed by atoms with Crippen molar-refractivity contribution in [2.45, 2.75) is 25.3 Å². The number of H-pyrrole nitrogens is 1. The van der Waals surface area contributed by atoms with E-state index in [2.05, 4.69) is 15.5 Å². The second-order valence-corrected chi connectivity index (χ2v) is 4.03. The summed E-state index contributed by atoms with van der Waals surface area (Å²) in [6.45, 7) is 0.883. The number of nitrogens with zero attached hydrogens (tertiary/aromatic N) is 1. The summed E-state index contributed by atoms with van der Waals surface area (Å²) in [5.41, 5.74) is 1.12. The second-order valence-electron chi connectivity index (χ2n) is 4.03. The van der Waals surface area contributed by atoms with Crippen LogP contribution in [0.1, 0.15) is 30.9 Å². The second kappa shape index (κ2) is 4.44. The van der Waals surface area contributed by atoms with Gasteiger partial charge in [-0.25, -0.2) is 0 Å². The Hall–Kier alpha value is -1.36. The number of piperidine rings is 1. The third kappa shape index (κ3) is 2.56. The lowest BCUT2D eigenvalue weighted by atomic mass is 9.88. The van der Waals surface area contributed by atoms with Crippen molar-refractivity contribution < 1.29 is 9.90 Å². The molecule has 0 aliphatic carbocycles. The van der Waals surface area contributed by atoms with Crippen LogP contribution in [0.5, 0.6) is 0 Å². The number of hydrogen-bond acceptors (Lipinski definition) is 3. The minimum Gasteiger partial charge on any atom is -0.481 e. The van der Waals surface area contributed by atoms with Gasteiger partial charge in [0.2, 0.25) is 0 Å². The van der Waals surface area contributed by atoms with Gasteiger partial charge in [0.25, 0.3) is 0 Å². The highest BCUT2D eigenvalue weighted by Crippen LogP contribution is 2.28. The molecule has 3 N–H and O–H groups in total. The van der Waals surface area contributed by atoms with Gasteiger partial charge < -0.3 is 10.4 Å². The van der Waals surface area contributed by atoms with Gasteiger partial charge in [-0.1, -0.05) is 0 Å². The van der Waals surface area contributed by atoms with E-state index in [4.69, 9.17) is 5.11 Å². The highest BCUT2D eigenvalue weighted by molar-refractivity contribution is 5.67. The fraction of sp³-hybridized carbons (Fsp3) is 0.600. The zero-order valence-corrected chi connectivity index (χ0v) is 8.44. The van der Waals surface area contributed by atoms with Crippen LogP contribution in [0.15, 0.2) is 12.4 Å². The number of carboxylic acid groups (broad SMARTS) is 1. The van der Waals surface area contributed by atoms with E-state index in [9.17, 15) is 4.79 Å². The lowest BCUT2D eigenvalue weighted by molar-refractivity contribution is -0.138. The minimum absolute atomic E-state index is 0.252. The number of aromatic amines is 1. The van der Waals surface area contributed by atoms with Crippen molar-refractivity contribution in [3.63, 3.8) is 0 Å². The summed E-state index contributed by atoms with van der Waals surface area (Å²) in [5.74, 6) is -0.420. The molecule has 1 aliphatic rings. The predicted molar refractivity (Wildman–Crippen MR) is 54.3 cm³/mol. The van der Waals surface area contributed by atoms with Gasteiger partial charge in [0, 0.05) is 24.2 Å². The number of carboxylic acids is 1. The monoisotopic (exact) mass is 209 g/mol. The van der Waals surface area contributed by atoms with Gasteiger partial charge in [0.15, 0.2) is 0 Å². The summed E-state index contributed by atoms with van der Waals surface area (Å²) in [5, 5.41) is 18.8. The molecule has 0 amide bonds. The molecule has 0 bridgehead atoms. The molecular weight excluding hydrogens is 194 g/mol. The molecule has 2 rings (SSSR count). The maximum atomic E-state index is 10.6. The average Bonchev–Trinajstić information content (AvgIpc) is 2.69. The third-order valence-electron chi connectivity index (χ3n) is 2.90. The van der Waals surface area contributed by atoms with Crippen molar-refractivity contribution >= 4 is 5.97 Å². The molecule has 2 atom stereocenters. The molecule has 0 spiro atoms. The van der Waals surface area contributed by atoms with E-state index in [1.807, 2.05) is 6.20 Å². The van der Waals surface area contributed by atoms with Crippen LogP contribution in [0.2, 0.25) is 0 Å². The van der Waals surface area contributed by atoms with Gasteiger partial charge in [0.1, 0.15) is 0 Å². The first-order valence-electron chi connectivity index (χ1n) is 5.19. The van der Waals surface area contributed by atoms with Crippen molar-refractivity contribution in [1.82, 2.24) is 15.5 Å². The Morgan fingerprint density at radius 3 is 3.20 bits per heavy atom. The Bertz CT molecular complexity index is 323. The number of aromatic nitrogens is 2. The Labute approximate surface area is 87.9 Å². The molecule has 5 heteroatoms. The third-order valence-corrected chi connectivity index (χ3v) is 2.90. The molecule has 1 aliphatic heterocycles. The number of aliphatic carboxylic acids is 1. The molecule has 0 aromatic carbocycles. The first kappa shape index (κ1) is 10.2. The Morgan fingerprint density at radius 1 is 1.67 bits per heavy atom. The van der Waals surface area contributed by atoms with E-state index in [0.29, 0.717) is 0 Å². The van der Waals surface area contributed by atoms with E-state index in [1.165, 1.54) is 0 Å². The SMILES string of the molecule is O=C(O)CC1CCNC(c2cn[nH]c2)C1. The quantitative estimate of drug-likeness (QED) is 0.692. The lowest BCUT2D eigenvalue weighted by Crippen LogP contribution is -2.32. The zero-order valence-electron chi connectivity index (χ0n) is 8.44. The van der Waals surface area contributed by atoms with Crippen molar-refractivity contribution in [3.05, 3.63) is 18.0 Å². The number of carbonyl (C=O) groups is 1. The predicted octanol–water partition coefficient (Wildman–Crippen LogP) is 0.925. The van der Waals surface area contributed by atoms with Crippen molar-refractivity contribution in [1.29, 1.82) is 0 Å². The summed E-state index contributed by atoms with van der Waals surface area (Å²) in [6.07, 6.45) is 5.75. The first-order valence-corrected chi connectivity index (χ1v) is 5.19. The highest BCUT2D eigenvalue weighted by atomic mass is 16.4. The molecule has 82 valence electrons. The van der Waals surface area contributed by atoms with E-state index in [1.54, 1.807) is 6.20 Å². The van der Waals surface area contributed by atoms with Crippen molar-refractivity contribution in [3.8, 4) is 0 Å². The molecule has 2 heterocycles. The summed E-state index contributed by atoms with van der Waals surface area (Å²) in [7, 11) is 0. The van der Waals surface area contributed by atoms with Crippen LogP contribution in [0, 0.1) is 5.92 Å². The zero-order chi connectivity index (χ0) is 10.7. The largest absolute Gasteiger partial charge is 0.481 e. The standard InChI is InChI=1S/C10H15N3O2/c14-10(15)4-7-1-2-11-9(3-7)8-5-12-13-6-8/h5-7,9,11H,1-4H2,(H,12,13)(H,14,15). The summed E-state index contributed by atoms with van der Waals surface area (Å²) in [4.78, 5) is 10.6. The highest BCUT2D eigenvalue weighted by Gasteiger charge is 2.24.